The molecular formula is C15H19N3O5S. The van der Waals surface area contributed by atoms with Gasteiger partial charge in [0.1, 0.15) is 6.04 Å². The number of aryl methyl sites for hydroxylation is 1. The van der Waals surface area contributed by atoms with Crippen LogP contribution in [0.25, 0.3) is 0 Å². The van der Waals surface area contributed by atoms with Crippen LogP contribution in [0.2, 0.25) is 0 Å². The normalized spacial score (nSPS) is 13.0. The Labute approximate surface area is 140 Å². The zero-order chi connectivity index (χ0) is 17.7. The molecule has 0 bridgehead atoms. The summed E-state index contributed by atoms with van der Waals surface area (Å²) in [4.78, 5) is 16.2. The van der Waals surface area contributed by atoms with Gasteiger partial charge in [0.05, 0.1) is 4.90 Å². The van der Waals surface area contributed by atoms with E-state index in [0.717, 1.165) is 0 Å². The second kappa shape index (κ2) is 7.54. The first-order valence-corrected chi connectivity index (χ1v) is 8.81. The smallest absolute Gasteiger partial charge is 0.324 e. The van der Waals surface area contributed by atoms with E-state index >= 15 is 0 Å². The molecule has 24 heavy (non-hydrogen) atoms. The van der Waals surface area contributed by atoms with Gasteiger partial charge < -0.3 is 9.26 Å². The first-order valence-electron chi connectivity index (χ1n) is 7.33. The molecule has 0 fully saturated rings. The maximum Gasteiger partial charge on any atom is 0.324 e. The monoisotopic (exact) mass is 353 g/mol. The van der Waals surface area contributed by atoms with Gasteiger partial charge in [-0.1, -0.05) is 37.2 Å². The molecule has 1 atom stereocenters. The molecule has 0 radical (unpaired) electrons. The largest absolute Gasteiger partial charge is 0.454 e. The van der Waals surface area contributed by atoms with Gasteiger partial charge in [0.25, 0.3) is 5.89 Å². The van der Waals surface area contributed by atoms with Crippen molar-refractivity contribution in [2.75, 3.05) is 0 Å². The second-order valence-electron chi connectivity index (χ2n) is 5.50. The summed E-state index contributed by atoms with van der Waals surface area (Å²) >= 11 is 0. The third-order valence-corrected chi connectivity index (χ3v) is 4.62. The zero-order valence-electron chi connectivity index (χ0n) is 13.6. The molecule has 0 spiro atoms. The first kappa shape index (κ1) is 18.1. The van der Waals surface area contributed by atoms with E-state index in [0.29, 0.717) is 5.82 Å². The number of hydrogen-bond donors (Lipinski definition) is 1. The van der Waals surface area contributed by atoms with Gasteiger partial charge in [-0.25, -0.2) is 8.42 Å². The number of hydrogen-bond acceptors (Lipinski definition) is 7. The van der Waals surface area contributed by atoms with Gasteiger partial charge in [-0.3, -0.25) is 4.79 Å². The van der Waals surface area contributed by atoms with E-state index in [-0.39, 0.29) is 23.3 Å². The Balaban J connectivity index is 2.07. The molecule has 1 aromatic heterocycles. The van der Waals surface area contributed by atoms with Gasteiger partial charge in [0.15, 0.2) is 12.4 Å². The maximum atomic E-state index is 12.4. The molecule has 1 heterocycles. The van der Waals surface area contributed by atoms with E-state index in [1.165, 1.54) is 12.1 Å². The van der Waals surface area contributed by atoms with Crippen molar-refractivity contribution < 1.29 is 22.5 Å². The molecule has 2 aromatic rings. The van der Waals surface area contributed by atoms with Gasteiger partial charge in [0.2, 0.25) is 10.0 Å². The summed E-state index contributed by atoms with van der Waals surface area (Å²) in [5, 5.41) is 3.58. The first-order chi connectivity index (χ1) is 11.3. The Morgan fingerprint density at radius 2 is 1.96 bits per heavy atom. The highest BCUT2D eigenvalue weighted by Gasteiger charge is 2.30. The molecule has 0 saturated carbocycles. The molecule has 0 amide bonds. The number of sulfonamides is 1. The summed E-state index contributed by atoms with van der Waals surface area (Å²) in [7, 11) is -3.83. The van der Waals surface area contributed by atoms with Gasteiger partial charge in [0, 0.05) is 0 Å². The Hall–Kier alpha value is -2.26. The second-order valence-corrected chi connectivity index (χ2v) is 7.21. The maximum absolute atomic E-state index is 12.4. The SMILES string of the molecule is Cc1noc(COC(=O)[C@@H](NS(=O)(=O)c2ccccc2)C(C)C)n1. The Kier molecular flexibility index (Phi) is 5.68. The van der Waals surface area contributed by atoms with Crippen LogP contribution in [0, 0.1) is 12.8 Å². The number of carbonyl (C=O) groups is 1. The lowest BCUT2D eigenvalue weighted by Crippen LogP contribution is -2.45. The fourth-order valence-corrected chi connectivity index (χ4v) is 3.27. The molecular weight excluding hydrogens is 334 g/mol. The number of nitrogens with zero attached hydrogens (tertiary/aromatic N) is 2. The van der Waals surface area contributed by atoms with Crippen LogP contribution in [0.4, 0.5) is 0 Å². The van der Waals surface area contributed by atoms with Crippen molar-refractivity contribution in [2.24, 2.45) is 5.92 Å². The van der Waals surface area contributed by atoms with Crippen LogP contribution in [0.5, 0.6) is 0 Å². The topological polar surface area (TPSA) is 111 Å². The lowest BCUT2D eigenvalue weighted by Gasteiger charge is -2.20. The van der Waals surface area contributed by atoms with Crippen molar-refractivity contribution in [3.63, 3.8) is 0 Å². The Bertz CT molecular complexity index is 786. The predicted molar refractivity (Wildman–Crippen MR) is 84.2 cm³/mol. The molecule has 2 rings (SSSR count). The van der Waals surface area contributed by atoms with Crippen molar-refractivity contribution in [3.05, 3.63) is 42.0 Å². The van der Waals surface area contributed by atoms with Gasteiger partial charge >= 0.3 is 5.97 Å². The van der Waals surface area contributed by atoms with E-state index < -0.39 is 22.0 Å². The third kappa shape index (κ3) is 4.62. The highest BCUT2D eigenvalue weighted by atomic mass is 32.2. The molecule has 8 nitrogen and oxygen atoms in total. The van der Waals surface area contributed by atoms with E-state index in [9.17, 15) is 13.2 Å². The van der Waals surface area contributed by atoms with Crippen molar-refractivity contribution in [2.45, 2.75) is 38.3 Å². The molecule has 130 valence electrons. The average Bonchev–Trinajstić information content (AvgIpc) is 2.96. The van der Waals surface area contributed by atoms with E-state index in [1.807, 2.05) is 0 Å². The summed E-state index contributed by atoms with van der Waals surface area (Å²) in [5.41, 5.74) is 0. The quantitative estimate of drug-likeness (QED) is 0.749. The van der Waals surface area contributed by atoms with E-state index in [1.54, 1.807) is 39.0 Å². The summed E-state index contributed by atoms with van der Waals surface area (Å²) in [6.45, 7) is 4.86. The number of rotatable bonds is 7. The molecule has 1 aromatic carbocycles. The molecule has 0 saturated heterocycles. The van der Waals surface area contributed by atoms with Crippen molar-refractivity contribution >= 4 is 16.0 Å². The number of nitrogens with one attached hydrogen (secondary N) is 1. The van der Waals surface area contributed by atoms with Crippen molar-refractivity contribution in [1.82, 2.24) is 14.9 Å². The summed E-state index contributed by atoms with van der Waals surface area (Å²) < 4.78 is 37.1. The molecule has 0 aliphatic heterocycles. The summed E-state index contributed by atoms with van der Waals surface area (Å²) in [5.74, 6) is -0.443. The summed E-state index contributed by atoms with van der Waals surface area (Å²) in [6, 6.07) is 6.79. The number of ether oxygens (including phenoxy) is 1. The van der Waals surface area contributed by atoms with E-state index in [4.69, 9.17) is 9.26 Å². The van der Waals surface area contributed by atoms with Gasteiger partial charge in [-0.2, -0.15) is 9.71 Å². The number of esters is 1. The lowest BCUT2D eigenvalue weighted by molar-refractivity contribution is -0.148. The highest BCUT2D eigenvalue weighted by Crippen LogP contribution is 2.13. The fourth-order valence-electron chi connectivity index (χ4n) is 1.91. The van der Waals surface area contributed by atoms with Crippen molar-refractivity contribution in [1.29, 1.82) is 0 Å². The molecule has 0 aliphatic carbocycles. The van der Waals surface area contributed by atoms with Crippen LogP contribution in [-0.2, 0) is 26.2 Å². The van der Waals surface area contributed by atoms with Crippen LogP contribution in [0.1, 0.15) is 25.6 Å². The lowest BCUT2D eigenvalue weighted by atomic mass is 10.1. The minimum absolute atomic E-state index is 0.0796. The summed E-state index contributed by atoms with van der Waals surface area (Å²) in [6.07, 6.45) is 0. The van der Waals surface area contributed by atoms with Crippen LogP contribution in [0.3, 0.4) is 0 Å². The molecule has 0 unspecified atom stereocenters. The van der Waals surface area contributed by atoms with Crippen LogP contribution in [-0.4, -0.2) is 30.6 Å². The fraction of sp³-hybridized carbons (Fsp3) is 0.400. The molecule has 9 heteroatoms. The van der Waals surface area contributed by atoms with Crippen LogP contribution < -0.4 is 4.72 Å². The van der Waals surface area contributed by atoms with Crippen LogP contribution in [0.15, 0.2) is 39.8 Å². The average molecular weight is 353 g/mol. The van der Waals surface area contributed by atoms with E-state index in [2.05, 4.69) is 14.9 Å². The zero-order valence-corrected chi connectivity index (χ0v) is 14.4. The minimum atomic E-state index is -3.83. The Morgan fingerprint density at radius 1 is 1.29 bits per heavy atom. The number of aromatic nitrogens is 2. The molecule has 1 N–H and O–H groups in total. The molecule has 0 aliphatic rings. The Morgan fingerprint density at radius 3 is 2.50 bits per heavy atom. The predicted octanol–water partition coefficient (Wildman–Crippen LogP) is 1.42. The van der Waals surface area contributed by atoms with Gasteiger partial charge in [-0.05, 0) is 25.0 Å². The number of carbonyl (C=O) groups excluding carboxylic acids is 1. The van der Waals surface area contributed by atoms with Gasteiger partial charge in [-0.15, -0.1) is 0 Å². The third-order valence-electron chi connectivity index (χ3n) is 3.16. The highest BCUT2D eigenvalue weighted by molar-refractivity contribution is 7.89. The van der Waals surface area contributed by atoms with Crippen molar-refractivity contribution in [3.8, 4) is 0 Å². The minimum Gasteiger partial charge on any atom is -0.454 e. The number of benzene rings is 1. The van der Waals surface area contributed by atoms with Crippen LogP contribution >= 0.6 is 0 Å². The standard InChI is InChI=1S/C15H19N3O5S/c1-10(2)14(15(19)22-9-13-16-11(3)17-23-13)18-24(20,21)12-7-5-4-6-8-12/h4-8,10,14,18H,9H2,1-3H3/t14-/m0/s1.